The number of esters is 2. The molecule has 0 bridgehead atoms. The Kier molecular flexibility index (Phi) is 45.2. The SMILES string of the molecule is CC(C)CC(NC(=O)C(CC(=O)CNC(=O)CCC(C)C(=O)NCC(=O)CC(Cc1ccccc1)C(=O)NC(CC(C)C)C(=O)CCC(=O)NCCCOCCOCCCCC(=O)OC(C)(C)C)Cc1ccccc1)C(=O)CCC(=O)NCCCOCCOCCCCC(=O)OC(C)(C)C. The molecule has 562 valence electrons. The first-order valence-electron chi connectivity index (χ1n) is 36.0. The Labute approximate surface area is 594 Å². The topological polar surface area (TPSA) is 332 Å². The van der Waals surface area contributed by atoms with Crippen LogP contribution in [0.4, 0.5) is 0 Å². The molecule has 24 heteroatoms. The van der Waals surface area contributed by atoms with Crippen molar-refractivity contribution in [3.05, 3.63) is 71.8 Å². The van der Waals surface area contributed by atoms with Gasteiger partial charge < -0.3 is 60.3 Å². The molecule has 0 aliphatic heterocycles. The Morgan fingerprint density at radius 1 is 0.390 bits per heavy atom. The van der Waals surface area contributed by atoms with E-state index in [-0.39, 0.29) is 111 Å². The summed E-state index contributed by atoms with van der Waals surface area (Å²) in [5.74, 6) is -7.17. The van der Waals surface area contributed by atoms with Gasteiger partial charge in [-0.2, -0.15) is 0 Å². The second kappa shape index (κ2) is 51.0. The molecule has 2 aromatic rings. The first-order valence-corrected chi connectivity index (χ1v) is 36.0. The average Bonchev–Trinajstić information content (AvgIpc) is 0.875. The Balaban J connectivity index is 1.84. The summed E-state index contributed by atoms with van der Waals surface area (Å²) in [7, 11) is 0. The van der Waals surface area contributed by atoms with Crippen molar-refractivity contribution in [1.29, 1.82) is 0 Å². The Hall–Kier alpha value is -7.28. The van der Waals surface area contributed by atoms with Crippen LogP contribution in [0, 0.1) is 29.6 Å². The summed E-state index contributed by atoms with van der Waals surface area (Å²) in [6.07, 6.45) is 4.55. The summed E-state index contributed by atoms with van der Waals surface area (Å²) in [6.45, 7) is 23.5. The molecule has 6 amide bonds. The monoisotopic (exact) mass is 1400 g/mol. The van der Waals surface area contributed by atoms with E-state index >= 15 is 0 Å². The van der Waals surface area contributed by atoms with E-state index in [1.807, 2.05) is 130 Å². The minimum absolute atomic E-state index is 0.00170. The minimum Gasteiger partial charge on any atom is -0.460 e. The Bertz CT molecular complexity index is 2780. The Morgan fingerprint density at radius 2 is 0.750 bits per heavy atom. The zero-order valence-electron chi connectivity index (χ0n) is 61.8. The molecule has 0 aliphatic rings. The second-order valence-corrected chi connectivity index (χ2v) is 28.5. The van der Waals surface area contributed by atoms with Crippen molar-refractivity contribution in [2.24, 2.45) is 29.6 Å². The summed E-state index contributed by atoms with van der Waals surface area (Å²) in [6, 6.07) is 16.4. The molecule has 0 saturated heterocycles. The van der Waals surface area contributed by atoms with E-state index < -0.39 is 89.3 Å². The van der Waals surface area contributed by atoms with Crippen LogP contribution in [0.5, 0.6) is 0 Å². The van der Waals surface area contributed by atoms with Gasteiger partial charge in [0.15, 0.2) is 23.1 Å². The molecule has 0 saturated carbocycles. The summed E-state index contributed by atoms with van der Waals surface area (Å²) in [5, 5.41) is 16.6. The van der Waals surface area contributed by atoms with E-state index in [4.69, 9.17) is 28.4 Å². The first-order chi connectivity index (χ1) is 47.4. The van der Waals surface area contributed by atoms with Gasteiger partial charge in [-0.1, -0.05) is 95.3 Å². The molecule has 0 heterocycles. The third kappa shape index (κ3) is 46.2. The zero-order valence-corrected chi connectivity index (χ0v) is 61.8. The van der Waals surface area contributed by atoms with Crippen LogP contribution < -0.4 is 31.9 Å². The van der Waals surface area contributed by atoms with Crippen molar-refractivity contribution < 1.29 is 86.0 Å². The molecule has 0 radical (unpaired) electrons. The van der Waals surface area contributed by atoms with Gasteiger partial charge in [0.1, 0.15) is 11.2 Å². The minimum atomic E-state index is -0.912. The second-order valence-electron chi connectivity index (χ2n) is 28.5. The maximum Gasteiger partial charge on any atom is 0.306 e. The number of hydrogen-bond donors (Lipinski definition) is 6. The average molecular weight is 1410 g/mol. The molecule has 0 aliphatic carbocycles. The third-order valence-electron chi connectivity index (χ3n) is 15.6. The van der Waals surface area contributed by atoms with Crippen molar-refractivity contribution in [2.45, 2.75) is 228 Å². The van der Waals surface area contributed by atoms with Crippen LogP contribution in [-0.4, -0.2) is 173 Å². The van der Waals surface area contributed by atoms with Crippen LogP contribution in [0.3, 0.4) is 0 Å². The van der Waals surface area contributed by atoms with Crippen molar-refractivity contribution in [3.63, 3.8) is 0 Å². The molecule has 0 spiro atoms. The van der Waals surface area contributed by atoms with Crippen LogP contribution in [0.1, 0.15) is 203 Å². The summed E-state index contributed by atoms with van der Waals surface area (Å²) >= 11 is 0. The van der Waals surface area contributed by atoms with Gasteiger partial charge in [0.05, 0.1) is 51.6 Å². The standard InChI is InChI=1S/C76H120N6O18/c1-54(2)46-63(65(85)31-34-67(87)77-36-22-40-97-44-42-95-38-20-18-28-70(90)99-75(6,7)8)81-73(93)59(48-57-24-14-12-15-25-57)50-61(83)52-79-69(89)33-30-56(5)72(92)80-53-62(84)51-60(49-58-26-16-13-17-27-58)74(94)82-64(47-55(3)4)66(86)32-35-68(88)78-37-23-41-98-45-43-96-39-21-19-29-71(91)100-76(9,10)11/h12-17,24-27,54-56,59-60,63-64H,18-23,28-53H2,1-11H3,(H,77,87)(H,78,88)(H,79,89)(H,80,92)(H,81,93)(H,82,94). The molecular formula is C76H120N6O18. The van der Waals surface area contributed by atoms with E-state index in [1.54, 1.807) is 6.92 Å². The number of ketones is 4. The quantitative estimate of drug-likeness (QED) is 0.0269. The van der Waals surface area contributed by atoms with Crippen LogP contribution >= 0.6 is 0 Å². The van der Waals surface area contributed by atoms with Crippen molar-refractivity contribution in [3.8, 4) is 0 Å². The van der Waals surface area contributed by atoms with E-state index in [2.05, 4.69) is 31.9 Å². The van der Waals surface area contributed by atoms with Gasteiger partial charge in [-0.05, 0) is 135 Å². The number of unbranched alkanes of at least 4 members (excludes halogenated alkanes) is 2. The van der Waals surface area contributed by atoms with E-state index in [9.17, 15) is 57.5 Å². The molecule has 5 unspecified atom stereocenters. The van der Waals surface area contributed by atoms with Gasteiger partial charge in [0, 0.05) is 115 Å². The van der Waals surface area contributed by atoms with Crippen molar-refractivity contribution in [2.75, 3.05) is 79.0 Å². The maximum absolute atomic E-state index is 14.0. The molecule has 2 rings (SSSR count). The molecular weight excluding hydrogens is 1280 g/mol. The van der Waals surface area contributed by atoms with Crippen LogP contribution in [-0.2, 0) is 98.8 Å². The number of amides is 6. The molecule has 5 atom stereocenters. The van der Waals surface area contributed by atoms with E-state index in [0.29, 0.717) is 117 Å². The highest BCUT2D eigenvalue weighted by Crippen LogP contribution is 2.20. The maximum atomic E-state index is 14.0. The molecule has 2 aromatic carbocycles. The molecule has 24 nitrogen and oxygen atoms in total. The van der Waals surface area contributed by atoms with Gasteiger partial charge in [-0.25, -0.2) is 0 Å². The number of Topliss-reactive ketones (excluding diaryl/α,β-unsaturated/α-hetero) is 4. The lowest BCUT2D eigenvalue weighted by Crippen LogP contribution is -2.46. The summed E-state index contributed by atoms with van der Waals surface area (Å²) in [5.41, 5.74) is 0.552. The number of nitrogens with one attached hydrogen (secondary N) is 6. The van der Waals surface area contributed by atoms with E-state index in [0.717, 1.165) is 24.0 Å². The number of carbonyl (C=O) groups is 12. The summed E-state index contributed by atoms with van der Waals surface area (Å²) < 4.78 is 32.9. The van der Waals surface area contributed by atoms with Gasteiger partial charge in [-0.3, -0.25) is 57.5 Å². The fourth-order valence-electron chi connectivity index (χ4n) is 10.4. The van der Waals surface area contributed by atoms with Gasteiger partial charge in [0.2, 0.25) is 35.4 Å². The van der Waals surface area contributed by atoms with Crippen LogP contribution in [0.25, 0.3) is 0 Å². The van der Waals surface area contributed by atoms with Crippen LogP contribution in [0.15, 0.2) is 60.7 Å². The molecule has 0 fully saturated rings. The lowest BCUT2D eigenvalue weighted by molar-refractivity contribution is -0.156. The first kappa shape index (κ1) is 88.8. The van der Waals surface area contributed by atoms with Crippen molar-refractivity contribution in [1.82, 2.24) is 31.9 Å². The van der Waals surface area contributed by atoms with Gasteiger partial charge in [0.25, 0.3) is 0 Å². The Morgan fingerprint density at radius 3 is 1.12 bits per heavy atom. The lowest BCUT2D eigenvalue weighted by Gasteiger charge is -2.23. The number of rotatable bonds is 56. The predicted octanol–water partition coefficient (Wildman–Crippen LogP) is 8.13. The zero-order chi connectivity index (χ0) is 74.3. The highest BCUT2D eigenvalue weighted by atomic mass is 16.6. The lowest BCUT2D eigenvalue weighted by atomic mass is 9.91. The number of benzene rings is 2. The normalized spacial score (nSPS) is 13.1. The number of hydrogen-bond acceptors (Lipinski definition) is 18. The molecule has 100 heavy (non-hydrogen) atoms. The predicted molar refractivity (Wildman–Crippen MR) is 380 cm³/mol. The highest BCUT2D eigenvalue weighted by molar-refractivity contribution is 5.96. The highest BCUT2D eigenvalue weighted by Gasteiger charge is 2.31. The van der Waals surface area contributed by atoms with Crippen LogP contribution in [0.2, 0.25) is 0 Å². The van der Waals surface area contributed by atoms with Gasteiger partial charge in [-0.15, -0.1) is 0 Å². The fourth-order valence-corrected chi connectivity index (χ4v) is 10.4. The fraction of sp³-hybridized carbons (Fsp3) is 0.684. The molecule has 6 N–H and O–H groups in total. The summed E-state index contributed by atoms with van der Waals surface area (Å²) in [4.78, 5) is 158. The number of ether oxygens (including phenoxy) is 6. The number of carbonyl (C=O) groups excluding carboxylic acids is 12. The van der Waals surface area contributed by atoms with Crippen molar-refractivity contribution >= 4 is 70.5 Å². The van der Waals surface area contributed by atoms with Gasteiger partial charge >= 0.3 is 11.9 Å². The molecule has 0 aromatic heterocycles. The largest absolute Gasteiger partial charge is 0.460 e. The van der Waals surface area contributed by atoms with E-state index in [1.165, 1.54) is 0 Å². The third-order valence-corrected chi connectivity index (χ3v) is 15.6. The smallest absolute Gasteiger partial charge is 0.306 e.